The van der Waals surface area contributed by atoms with Gasteiger partial charge in [0.25, 0.3) is 5.56 Å². The molecule has 0 radical (unpaired) electrons. The molecule has 0 saturated carbocycles. The van der Waals surface area contributed by atoms with E-state index in [1.54, 1.807) is 55.6 Å². The van der Waals surface area contributed by atoms with Gasteiger partial charge in [0.2, 0.25) is 5.91 Å². The highest BCUT2D eigenvalue weighted by atomic mass is 16.2. The molecule has 1 amide bonds. The molecule has 1 unspecified atom stereocenters. The summed E-state index contributed by atoms with van der Waals surface area (Å²) in [5.41, 5.74) is 0.317. The summed E-state index contributed by atoms with van der Waals surface area (Å²) in [6.07, 6.45) is 1.59. The fraction of sp³-hybridized carbons (Fsp3) is 0.125. The molecular weight excluding hydrogens is 280 g/mol. The van der Waals surface area contributed by atoms with Gasteiger partial charge in [0.1, 0.15) is 11.6 Å². The topological polar surface area (TPSA) is 87.7 Å². The van der Waals surface area contributed by atoms with Crippen molar-refractivity contribution in [3.05, 3.63) is 64.8 Å². The Kier molecular flexibility index (Phi) is 3.65. The number of nitrogens with zero attached hydrogens (tertiary/aromatic N) is 2. The smallest absolute Gasteiger partial charge is 0.258 e. The number of nitrogens with one attached hydrogen (secondary N) is 2. The summed E-state index contributed by atoms with van der Waals surface area (Å²) in [6, 6.07) is 12.3. The number of carbonyl (C=O) groups excluding carboxylic acids is 1. The Hall–Kier alpha value is -3.02. The van der Waals surface area contributed by atoms with Crippen LogP contribution in [0.1, 0.15) is 18.7 Å². The lowest BCUT2D eigenvalue weighted by Gasteiger charge is -2.11. The van der Waals surface area contributed by atoms with Crippen LogP contribution in [0.3, 0.4) is 0 Å². The van der Waals surface area contributed by atoms with Gasteiger partial charge < -0.3 is 10.3 Å². The van der Waals surface area contributed by atoms with Crippen LogP contribution in [0.4, 0.5) is 5.82 Å². The Bertz CT molecular complexity index is 874. The standard InChI is InChI=1S/C16H14N4O2/c1-10(15(21)19-13-8-4-5-9-17-13)14-18-12-7-3-2-6-11(12)16(22)20-14/h2-10H,1H3,(H,17,19,21)(H,18,20,22). The molecule has 110 valence electrons. The molecule has 0 bridgehead atoms. The van der Waals surface area contributed by atoms with E-state index in [9.17, 15) is 9.59 Å². The first-order valence-electron chi connectivity index (χ1n) is 6.86. The summed E-state index contributed by atoms with van der Waals surface area (Å²) in [7, 11) is 0. The van der Waals surface area contributed by atoms with Crippen LogP contribution in [-0.4, -0.2) is 20.9 Å². The number of hydrogen-bond donors (Lipinski definition) is 2. The van der Waals surface area contributed by atoms with Gasteiger partial charge in [-0.25, -0.2) is 9.97 Å². The Labute approximate surface area is 126 Å². The van der Waals surface area contributed by atoms with Gasteiger partial charge in [-0.05, 0) is 31.2 Å². The van der Waals surface area contributed by atoms with Crippen LogP contribution in [0.2, 0.25) is 0 Å². The van der Waals surface area contributed by atoms with E-state index < -0.39 is 5.92 Å². The molecule has 0 fully saturated rings. The maximum Gasteiger partial charge on any atom is 0.258 e. The number of hydrogen-bond acceptors (Lipinski definition) is 4. The number of H-pyrrole nitrogens is 1. The van der Waals surface area contributed by atoms with Gasteiger partial charge in [0, 0.05) is 6.20 Å². The van der Waals surface area contributed by atoms with Gasteiger partial charge in [-0.3, -0.25) is 9.59 Å². The van der Waals surface area contributed by atoms with Crippen molar-refractivity contribution in [1.82, 2.24) is 15.0 Å². The lowest BCUT2D eigenvalue weighted by atomic mass is 10.1. The number of rotatable bonds is 3. The molecule has 2 heterocycles. The minimum Gasteiger partial charge on any atom is -0.310 e. The number of aromatic amines is 1. The van der Waals surface area contributed by atoms with Gasteiger partial charge in [0.15, 0.2) is 0 Å². The molecule has 22 heavy (non-hydrogen) atoms. The Morgan fingerprint density at radius 3 is 2.73 bits per heavy atom. The number of aromatic nitrogens is 3. The fourth-order valence-corrected chi connectivity index (χ4v) is 2.10. The SMILES string of the molecule is CC(C(=O)Nc1ccccn1)c1nc2ccccc2c(=O)[nH]1. The number of para-hydroxylation sites is 1. The summed E-state index contributed by atoms with van der Waals surface area (Å²) in [5, 5.41) is 3.20. The normalized spacial score (nSPS) is 12.0. The molecule has 0 aliphatic carbocycles. The van der Waals surface area contributed by atoms with Crippen molar-refractivity contribution in [3.8, 4) is 0 Å². The highest BCUT2D eigenvalue weighted by molar-refractivity contribution is 5.94. The zero-order chi connectivity index (χ0) is 15.5. The van der Waals surface area contributed by atoms with E-state index in [0.29, 0.717) is 22.5 Å². The summed E-state index contributed by atoms with van der Waals surface area (Å²) < 4.78 is 0. The number of anilines is 1. The van der Waals surface area contributed by atoms with E-state index in [-0.39, 0.29) is 11.5 Å². The van der Waals surface area contributed by atoms with Crippen molar-refractivity contribution in [1.29, 1.82) is 0 Å². The molecule has 6 nitrogen and oxygen atoms in total. The molecule has 6 heteroatoms. The first-order valence-corrected chi connectivity index (χ1v) is 6.86. The second-order valence-electron chi connectivity index (χ2n) is 4.89. The van der Waals surface area contributed by atoms with Crippen LogP contribution in [0.5, 0.6) is 0 Å². The van der Waals surface area contributed by atoms with E-state index in [1.807, 2.05) is 0 Å². The number of fused-ring (bicyclic) bond motifs is 1. The van der Waals surface area contributed by atoms with Crippen LogP contribution in [0.15, 0.2) is 53.5 Å². The van der Waals surface area contributed by atoms with Crippen LogP contribution < -0.4 is 10.9 Å². The van der Waals surface area contributed by atoms with Crippen LogP contribution >= 0.6 is 0 Å². The minimum atomic E-state index is -0.598. The van der Waals surface area contributed by atoms with Gasteiger partial charge in [-0.15, -0.1) is 0 Å². The lowest BCUT2D eigenvalue weighted by Crippen LogP contribution is -2.23. The molecule has 3 aromatic rings. The lowest BCUT2D eigenvalue weighted by molar-refractivity contribution is -0.117. The van der Waals surface area contributed by atoms with Crippen molar-refractivity contribution < 1.29 is 4.79 Å². The summed E-state index contributed by atoms with van der Waals surface area (Å²) in [6.45, 7) is 1.69. The number of benzene rings is 1. The van der Waals surface area contributed by atoms with E-state index >= 15 is 0 Å². The average Bonchev–Trinajstić information content (AvgIpc) is 2.55. The Balaban J connectivity index is 1.90. The summed E-state index contributed by atoms with van der Waals surface area (Å²) in [5.74, 6) is -0.0870. The number of carbonyl (C=O) groups is 1. The molecule has 2 N–H and O–H groups in total. The average molecular weight is 294 g/mol. The van der Waals surface area contributed by atoms with Crippen LogP contribution in [0, 0.1) is 0 Å². The molecule has 1 atom stereocenters. The zero-order valence-corrected chi connectivity index (χ0v) is 11.9. The quantitative estimate of drug-likeness (QED) is 0.774. The van der Waals surface area contributed by atoms with Gasteiger partial charge >= 0.3 is 0 Å². The van der Waals surface area contributed by atoms with Crippen molar-refractivity contribution >= 4 is 22.6 Å². The monoisotopic (exact) mass is 294 g/mol. The maximum atomic E-state index is 12.2. The number of pyridine rings is 1. The van der Waals surface area contributed by atoms with Crippen molar-refractivity contribution in [2.24, 2.45) is 0 Å². The van der Waals surface area contributed by atoms with E-state index in [0.717, 1.165) is 0 Å². The Morgan fingerprint density at radius 2 is 1.95 bits per heavy atom. The molecule has 0 saturated heterocycles. The van der Waals surface area contributed by atoms with E-state index in [1.165, 1.54) is 0 Å². The highest BCUT2D eigenvalue weighted by Gasteiger charge is 2.19. The van der Waals surface area contributed by atoms with Crippen molar-refractivity contribution in [2.45, 2.75) is 12.8 Å². The molecule has 2 aromatic heterocycles. The largest absolute Gasteiger partial charge is 0.310 e. The maximum absolute atomic E-state index is 12.2. The summed E-state index contributed by atoms with van der Waals surface area (Å²) in [4.78, 5) is 35.4. The van der Waals surface area contributed by atoms with Gasteiger partial charge in [0.05, 0.1) is 16.8 Å². The van der Waals surface area contributed by atoms with Gasteiger partial charge in [-0.2, -0.15) is 0 Å². The van der Waals surface area contributed by atoms with Crippen LogP contribution in [0.25, 0.3) is 10.9 Å². The third-order valence-corrected chi connectivity index (χ3v) is 3.35. The Morgan fingerprint density at radius 1 is 1.18 bits per heavy atom. The molecule has 3 rings (SSSR count). The van der Waals surface area contributed by atoms with Gasteiger partial charge in [-0.1, -0.05) is 18.2 Å². The van der Waals surface area contributed by atoms with Crippen molar-refractivity contribution in [2.75, 3.05) is 5.32 Å². The minimum absolute atomic E-state index is 0.252. The second-order valence-corrected chi connectivity index (χ2v) is 4.89. The third-order valence-electron chi connectivity index (χ3n) is 3.35. The molecule has 0 aliphatic heterocycles. The highest BCUT2D eigenvalue weighted by Crippen LogP contribution is 2.15. The molecule has 1 aromatic carbocycles. The first kappa shape index (κ1) is 13.9. The predicted molar refractivity (Wildman–Crippen MR) is 83.6 cm³/mol. The predicted octanol–water partition coefficient (Wildman–Crippen LogP) is 2.06. The van der Waals surface area contributed by atoms with Crippen molar-refractivity contribution in [3.63, 3.8) is 0 Å². The summed E-state index contributed by atoms with van der Waals surface area (Å²) >= 11 is 0. The second kappa shape index (κ2) is 5.77. The zero-order valence-electron chi connectivity index (χ0n) is 11.9. The third kappa shape index (κ3) is 2.71. The molecule has 0 spiro atoms. The first-order chi connectivity index (χ1) is 10.6. The number of amides is 1. The molecular formula is C16H14N4O2. The fourth-order valence-electron chi connectivity index (χ4n) is 2.10. The van der Waals surface area contributed by atoms with E-state index in [4.69, 9.17) is 0 Å². The van der Waals surface area contributed by atoms with Crippen LogP contribution in [-0.2, 0) is 4.79 Å². The molecule has 0 aliphatic rings. The van der Waals surface area contributed by atoms with E-state index in [2.05, 4.69) is 20.3 Å².